The molecule has 0 bridgehead atoms. The fraction of sp³-hybridized carbons (Fsp3) is 0.318. The van der Waals surface area contributed by atoms with Crippen LogP contribution < -0.4 is 15.4 Å². The van der Waals surface area contributed by atoms with Gasteiger partial charge in [-0.05, 0) is 37.6 Å². The highest BCUT2D eigenvalue weighted by atomic mass is 16.5. The number of aryl methyl sites for hydroxylation is 1. The quantitative estimate of drug-likeness (QED) is 0.428. The lowest BCUT2D eigenvalue weighted by Gasteiger charge is -2.17. The average Bonchev–Trinajstić information content (AvgIpc) is 2.97. The molecule has 0 atom stereocenters. The molecular weight excluding hydrogens is 368 g/mol. The van der Waals surface area contributed by atoms with E-state index in [-0.39, 0.29) is 18.4 Å². The predicted octanol–water partition coefficient (Wildman–Crippen LogP) is 2.35. The van der Waals surface area contributed by atoms with E-state index in [0.29, 0.717) is 36.8 Å². The molecule has 1 heterocycles. The maximum Gasteiger partial charge on any atom is 0.261 e. The third-order valence-electron chi connectivity index (χ3n) is 4.70. The maximum atomic E-state index is 12.4. The highest BCUT2D eigenvalue weighted by molar-refractivity contribution is 6.21. The first-order chi connectivity index (χ1) is 14.0. The monoisotopic (exact) mass is 394 g/mol. The molecule has 3 rings (SSSR count). The minimum atomic E-state index is -0.253. The highest BCUT2D eigenvalue weighted by Crippen LogP contribution is 2.22. The van der Waals surface area contributed by atoms with Crippen molar-refractivity contribution in [3.63, 3.8) is 0 Å². The normalized spacial score (nSPS) is 13.5. The van der Waals surface area contributed by atoms with Crippen LogP contribution in [0.4, 0.5) is 0 Å². The number of aliphatic imine (C=N–C) groups is 1. The van der Waals surface area contributed by atoms with Gasteiger partial charge in [0.15, 0.2) is 5.96 Å². The molecule has 7 nitrogen and oxygen atoms in total. The van der Waals surface area contributed by atoms with Crippen LogP contribution in [-0.2, 0) is 6.54 Å². The molecule has 0 saturated carbocycles. The second-order valence-electron chi connectivity index (χ2n) is 6.70. The third kappa shape index (κ3) is 4.56. The lowest BCUT2D eigenvalue weighted by atomic mass is 10.1. The first kappa shape index (κ1) is 20.4. The van der Waals surface area contributed by atoms with Gasteiger partial charge in [-0.1, -0.05) is 24.3 Å². The van der Waals surface area contributed by atoms with E-state index in [2.05, 4.69) is 15.6 Å². The summed E-state index contributed by atoms with van der Waals surface area (Å²) in [6.07, 6.45) is 0. The fourth-order valence-electron chi connectivity index (χ4n) is 3.23. The number of rotatable bonds is 7. The molecule has 0 spiro atoms. The zero-order valence-electron chi connectivity index (χ0n) is 17.0. The van der Waals surface area contributed by atoms with Gasteiger partial charge < -0.3 is 15.4 Å². The molecule has 0 aromatic heterocycles. The van der Waals surface area contributed by atoms with Crippen LogP contribution in [0.5, 0.6) is 5.75 Å². The minimum Gasteiger partial charge on any atom is -0.494 e. The number of carbonyl (C=O) groups is 2. The third-order valence-corrected chi connectivity index (χ3v) is 4.70. The van der Waals surface area contributed by atoms with E-state index in [1.54, 1.807) is 31.3 Å². The van der Waals surface area contributed by atoms with Gasteiger partial charge in [0.1, 0.15) is 5.75 Å². The van der Waals surface area contributed by atoms with E-state index < -0.39 is 0 Å². The van der Waals surface area contributed by atoms with Crippen LogP contribution in [0, 0.1) is 6.92 Å². The van der Waals surface area contributed by atoms with E-state index in [0.717, 1.165) is 16.9 Å². The number of benzene rings is 2. The Hall–Kier alpha value is -3.35. The molecule has 1 aliphatic rings. The van der Waals surface area contributed by atoms with Crippen LogP contribution in [0.1, 0.15) is 38.8 Å². The molecule has 152 valence electrons. The second-order valence-corrected chi connectivity index (χ2v) is 6.70. The summed E-state index contributed by atoms with van der Waals surface area (Å²) >= 11 is 0. The summed E-state index contributed by atoms with van der Waals surface area (Å²) in [5, 5.41) is 6.39. The first-order valence-corrected chi connectivity index (χ1v) is 9.67. The Kier molecular flexibility index (Phi) is 6.49. The van der Waals surface area contributed by atoms with Crippen molar-refractivity contribution in [3.8, 4) is 5.75 Å². The van der Waals surface area contributed by atoms with Gasteiger partial charge in [-0.2, -0.15) is 0 Å². The molecule has 7 heteroatoms. The zero-order valence-corrected chi connectivity index (χ0v) is 17.0. The Balaban J connectivity index is 1.53. The smallest absolute Gasteiger partial charge is 0.261 e. The molecule has 0 aliphatic carbocycles. The number of fused-ring (bicyclic) bond motifs is 1. The summed E-state index contributed by atoms with van der Waals surface area (Å²) < 4.78 is 5.70. The van der Waals surface area contributed by atoms with Gasteiger partial charge in [-0.3, -0.25) is 19.5 Å². The van der Waals surface area contributed by atoms with Gasteiger partial charge >= 0.3 is 0 Å². The van der Waals surface area contributed by atoms with Crippen molar-refractivity contribution < 1.29 is 14.3 Å². The summed E-state index contributed by atoms with van der Waals surface area (Å²) in [6.45, 7) is 5.80. The van der Waals surface area contributed by atoms with E-state index >= 15 is 0 Å². The van der Waals surface area contributed by atoms with E-state index in [1.165, 1.54) is 4.90 Å². The van der Waals surface area contributed by atoms with Crippen molar-refractivity contribution in [2.45, 2.75) is 20.4 Å². The molecule has 0 saturated heterocycles. The average molecular weight is 394 g/mol. The molecular formula is C22H26N4O3. The van der Waals surface area contributed by atoms with Crippen molar-refractivity contribution in [1.29, 1.82) is 0 Å². The molecule has 2 N–H and O–H groups in total. The van der Waals surface area contributed by atoms with Crippen molar-refractivity contribution in [2.24, 2.45) is 4.99 Å². The van der Waals surface area contributed by atoms with Crippen LogP contribution in [0.15, 0.2) is 47.5 Å². The zero-order chi connectivity index (χ0) is 20.8. The summed E-state index contributed by atoms with van der Waals surface area (Å²) in [4.78, 5) is 30.3. The molecule has 0 fully saturated rings. The van der Waals surface area contributed by atoms with Crippen molar-refractivity contribution >= 4 is 17.8 Å². The summed E-state index contributed by atoms with van der Waals surface area (Å²) in [5.41, 5.74) is 3.09. The number of amides is 2. The van der Waals surface area contributed by atoms with Gasteiger partial charge in [-0.15, -0.1) is 0 Å². The van der Waals surface area contributed by atoms with Gasteiger partial charge in [0, 0.05) is 32.2 Å². The van der Waals surface area contributed by atoms with E-state index in [4.69, 9.17) is 4.74 Å². The molecule has 1 aliphatic heterocycles. The Morgan fingerprint density at radius 1 is 1.07 bits per heavy atom. The van der Waals surface area contributed by atoms with Gasteiger partial charge in [-0.25, -0.2) is 0 Å². The van der Waals surface area contributed by atoms with Gasteiger partial charge in [0.25, 0.3) is 11.8 Å². The van der Waals surface area contributed by atoms with Gasteiger partial charge in [0.05, 0.1) is 17.7 Å². The van der Waals surface area contributed by atoms with Crippen LogP contribution >= 0.6 is 0 Å². The van der Waals surface area contributed by atoms with Crippen molar-refractivity contribution in [1.82, 2.24) is 15.5 Å². The Morgan fingerprint density at radius 2 is 1.76 bits per heavy atom. The number of imide groups is 1. The largest absolute Gasteiger partial charge is 0.494 e. The molecule has 2 aromatic rings. The predicted molar refractivity (Wildman–Crippen MR) is 112 cm³/mol. The molecule has 2 amide bonds. The fourth-order valence-corrected chi connectivity index (χ4v) is 3.23. The van der Waals surface area contributed by atoms with Crippen molar-refractivity contribution in [2.75, 3.05) is 26.7 Å². The van der Waals surface area contributed by atoms with Crippen molar-refractivity contribution in [3.05, 3.63) is 64.7 Å². The SMILES string of the molecule is CCOc1cc(C)ccc1CNC(=NC)NCCN1C(=O)c2ccccc2C1=O. The summed E-state index contributed by atoms with van der Waals surface area (Å²) in [6, 6.07) is 13.0. The number of hydrogen-bond donors (Lipinski definition) is 2. The van der Waals surface area contributed by atoms with Crippen LogP contribution in [0.3, 0.4) is 0 Å². The Labute approximate surface area is 170 Å². The number of carbonyl (C=O) groups excluding carboxylic acids is 2. The lowest BCUT2D eigenvalue weighted by Crippen LogP contribution is -2.42. The summed E-state index contributed by atoms with van der Waals surface area (Å²) in [7, 11) is 1.68. The minimum absolute atomic E-state index is 0.253. The molecule has 2 aromatic carbocycles. The maximum absolute atomic E-state index is 12.4. The van der Waals surface area contributed by atoms with Crippen LogP contribution in [0.25, 0.3) is 0 Å². The Morgan fingerprint density at radius 3 is 2.38 bits per heavy atom. The van der Waals surface area contributed by atoms with Gasteiger partial charge in [0.2, 0.25) is 0 Å². The number of hydrogen-bond acceptors (Lipinski definition) is 4. The molecule has 29 heavy (non-hydrogen) atoms. The number of nitrogens with one attached hydrogen (secondary N) is 2. The topological polar surface area (TPSA) is 83.0 Å². The molecule has 0 unspecified atom stereocenters. The lowest BCUT2D eigenvalue weighted by molar-refractivity contribution is 0.0657. The number of ether oxygens (including phenoxy) is 1. The van der Waals surface area contributed by atoms with Crippen LogP contribution in [-0.4, -0.2) is 49.4 Å². The highest BCUT2D eigenvalue weighted by Gasteiger charge is 2.34. The van der Waals surface area contributed by atoms with Crippen LogP contribution in [0.2, 0.25) is 0 Å². The summed E-state index contributed by atoms with van der Waals surface area (Å²) in [5.74, 6) is 0.929. The standard InChI is InChI=1S/C22H26N4O3/c1-4-29-19-13-15(2)9-10-16(19)14-25-22(23-3)24-11-12-26-20(27)17-7-5-6-8-18(17)21(26)28/h5-10,13H,4,11-12,14H2,1-3H3,(H2,23,24,25). The van der Waals surface area contributed by atoms with E-state index in [9.17, 15) is 9.59 Å². The number of guanidine groups is 1. The second kappa shape index (κ2) is 9.23. The molecule has 0 radical (unpaired) electrons. The number of nitrogens with zero attached hydrogens (tertiary/aromatic N) is 2. The first-order valence-electron chi connectivity index (χ1n) is 9.67. The Bertz CT molecular complexity index is 904. The van der Waals surface area contributed by atoms with E-state index in [1.807, 2.05) is 32.0 Å².